The minimum atomic E-state index is -0.336. The summed E-state index contributed by atoms with van der Waals surface area (Å²) in [4.78, 5) is 31.3. The number of methoxy groups -OCH3 is 1. The SMILES string of the molecule is COc1ccc2[nH]cc(/C=C(\NC(=O)c3ccccc3)C(=O)N3C[C@@H](C)O[C@@H](C)C3)c2c1. The second-order valence-electron chi connectivity index (χ2n) is 8.00. The summed E-state index contributed by atoms with van der Waals surface area (Å²) in [6, 6.07) is 14.5. The molecule has 2 aromatic carbocycles. The van der Waals surface area contributed by atoms with Crippen molar-refractivity contribution in [2.75, 3.05) is 20.2 Å². The highest BCUT2D eigenvalue weighted by Crippen LogP contribution is 2.25. The summed E-state index contributed by atoms with van der Waals surface area (Å²) in [5.74, 6) is 0.134. The normalized spacial score (nSPS) is 19.1. The zero-order valence-electron chi connectivity index (χ0n) is 18.4. The first kappa shape index (κ1) is 21.6. The summed E-state index contributed by atoms with van der Waals surface area (Å²) in [6.07, 6.45) is 3.38. The standard InChI is InChI=1S/C25H27N3O4/c1-16-14-28(15-17(2)32-16)25(30)23(27-24(29)18-7-5-4-6-8-18)11-19-13-26-22-10-9-20(31-3)12-21(19)22/h4-13,16-17,26H,14-15H2,1-3H3,(H,27,29)/b23-11-/t16-,17+. The first-order valence-electron chi connectivity index (χ1n) is 10.6. The summed E-state index contributed by atoms with van der Waals surface area (Å²) in [5.41, 5.74) is 2.39. The van der Waals surface area contributed by atoms with Crippen molar-refractivity contribution < 1.29 is 19.1 Å². The smallest absolute Gasteiger partial charge is 0.270 e. The van der Waals surface area contributed by atoms with E-state index in [9.17, 15) is 9.59 Å². The minimum absolute atomic E-state index is 0.0777. The third-order valence-corrected chi connectivity index (χ3v) is 5.44. The van der Waals surface area contributed by atoms with E-state index in [2.05, 4.69) is 10.3 Å². The number of ether oxygens (including phenoxy) is 2. The number of hydrogen-bond acceptors (Lipinski definition) is 4. The molecule has 7 nitrogen and oxygen atoms in total. The molecule has 1 saturated heterocycles. The van der Waals surface area contributed by atoms with Crippen molar-refractivity contribution in [2.45, 2.75) is 26.1 Å². The molecule has 32 heavy (non-hydrogen) atoms. The maximum atomic E-state index is 13.5. The Hall–Kier alpha value is -3.58. The van der Waals surface area contributed by atoms with Gasteiger partial charge in [0, 0.05) is 41.3 Å². The Morgan fingerprint density at radius 2 is 1.84 bits per heavy atom. The summed E-state index contributed by atoms with van der Waals surface area (Å²) in [5, 5.41) is 3.73. The second kappa shape index (κ2) is 9.28. The molecule has 166 valence electrons. The van der Waals surface area contributed by atoms with E-state index >= 15 is 0 Å². The van der Waals surface area contributed by atoms with Crippen LogP contribution in [0.15, 0.2) is 60.4 Å². The minimum Gasteiger partial charge on any atom is -0.497 e. The Morgan fingerprint density at radius 3 is 2.53 bits per heavy atom. The predicted molar refractivity (Wildman–Crippen MR) is 123 cm³/mol. The fraction of sp³-hybridized carbons (Fsp3) is 0.280. The summed E-state index contributed by atoms with van der Waals surface area (Å²) in [6.45, 7) is 4.80. The molecule has 2 heterocycles. The van der Waals surface area contributed by atoms with Crippen LogP contribution in [0.5, 0.6) is 5.75 Å². The summed E-state index contributed by atoms with van der Waals surface area (Å²) < 4.78 is 11.1. The number of carbonyl (C=O) groups excluding carboxylic acids is 2. The topological polar surface area (TPSA) is 83.7 Å². The first-order valence-corrected chi connectivity index (χ1v) is 10.6. The number of morpholine rings is 1. The van der Waals surface area contributed by atoms with Gasteiger partial charge in [0.25, 0.3) is 11.8 Å². The van der Waals surface area contributed by atoms with Gasteiger partial charge in [0.05, 0.1) is 19.3 Å². The fourth-order valence-electron chi connectivity index (χ4n) is 3.97. The van der Waals surface area contributed by atoms with E-state index in [-0.39, 0.29) is 29.7 Å². The highest BCUT2D eigenvalue weighted by molar-refractivity contribution is 6.06. The maximum absolute atomic E-state index is 13.5. The van der Waals surface area contributed by atoms with Gasteiger partial charge in [-0.2, -0.15) is 0 Å². The number of aromatic amines is 1. The average molecular weight is 434 g/mol. The van der Waals surface area contributed by atoms with Crippen LogP contribution in [0.2, 0.25) is 0 Å². The first-order chi connectivity index (χ1) is 15.4. The van der Waals surface area contributed by atoms with Crippen molar-refractivity contribution in [3.05, 3.63) is 71.6 Å². The number of rotatable bonds is 5. The van der Waals surface area contributed by atoms with Crippen LogP contribution in [-0.2, 0) is 9.53 Å². The highest BCUT2D eigenvalue weighted by atomic mass is 16.5. The van der Waals surface area contributed by atoms with Crippen LogP contribution in [0.4, 0.5) is 0 Å². The van der Waals surface area contributed by atoms with E-state index < -0.39 is 0 Å². The van der Waals surface area contributed by atoms with Gasteiger partial charge in [-0.3, -0.25) is 9.59 Å². The van der Waals surface area contributed by atoms with Gasteiger partial charge < -0.3 is 24.7 Å². The molecule has 1 aliphatic rings. The monoisotopic (exact) mass is 433 g/mol. The van der Waals surface area contributed by atoms with Gasteiger partial charge >= 0.3 is 0 Å². The van der Waals surface area contributed by atoms with Gasteiger partial charge in [-0.05, 0) is 50.3 Å². The van der Waals surface area contributed by atoms with Gasteiger partial charge in [-0.25, -0.2) is 0 Å². The number of aromatic nitrogens is 1. The van der Waals surface area contributed by atoms with E-state index in [0.29, 0.717) is 24.4 Å². The molecule has 0 unspecified atom stereocenters. The Bertz CT molecular complexity index is 1140. The number of fused-ring (bicyclic) bond motifs is 1. The summed E-state index contributed by atoms with van der Waals surface area (Å²) in [7, 11) is 1.61. The zero-order valence-corrected chi connectivity index (χ0v) is 18.4. The summed E-state index contributed by atoms with van der Waals surface area (Å²) >= 11 is 0. The number of benzene rings is 2. The Labute approximate surface area is 187 Å². The lowest BCUT2D eigenvalue weighted by atomic mass is 10.1. The Balaban J connectivity index is 1.71. The molecule has 0 aliphatic carbocycles. The number of carbonyl (C=O) groups is 2. The third-order valence-electron chi connectivity index (χ3n) is 5.44. The fourth-order valence-corrected chi connectivity index (χ4v) is 3.97. The third kappa shape index (κ3) is 4.68. The van der Waals surface area contributed by atoms with Crippen LogP contribution in [0.25, 0.3) is 17.0 Å². The number of hydrogen-bond donors (Lipinski definition) is 2. The van der Waals surface area contributed by atoms with E-state index in [4.69, 9.17) is 9.47 Å². The average Bonchev–Trinajstić information content (AvgIpc) is 3.19. The van der Waals surface area contributed by atoms with Crippen molar-refractivity contribution >= 4 is 28.8 Å². The Kier molecular flexibility index (Phi) is 6.28. The molecule has 2 atom stereocenters. The molecule has 7 heteroatoms. The van der Waals surface area contributed by atoms with Crippen molar-refractivity contribution in [2.24, 2.45) is 0 Å². The zero-order chi connectivity index (χ0) is 22.7. The quantitative estimate of drug-likeness (QED) is 0.603. The van der Waals surface area contributed by atoms with Crippen LogP contribution < -0.4 is 10.1 Å². The lowest BCUT2D eigenvalue weighted by molar-refractivity contribution is -0.139. The molecule has 0 radical (unpaired) electrons. The lowest BCUT2D eigenvalue weighted by Crippen LogP contribution is -2.50. The molecule has 1 aromatic heterocycles. The van der Waals surface area contributed by atoms with E-state index in [1.54, 1.807) is 42.4 Å². The molecule has 2 amide bonds. The van der Waals surface area contributed by atoms with Crippen LogP contribution in [-0.4, -0.2) is 54.1 Å². The van der Waals surface area contributed by atoms with Crippen LogP contribution in [0.1, 0.15) is 29.8 Å². The molecule has 1 aliphatic heterocycles. The van der Waals surface area contributed by atoms with Crippen molar-refractivity contribution in [3.8, 4) is 5.75 Å². The molecule has 0 spiro atoms. The maximum Gasteiger partial charge on any atom is 0.270 e. The second-order valence-corrected chi connectivity index (χ2v) is 8.00. The molecule has 3 aromatic rings. The van der Waals surface area contributed by atoms with E-state index in [1.165, 1.54) is 0 Å². The van der Waals surface area contributed by atoms with E-state index in [1.807, 2.05) is 44.3 Å². The Morgan fingerprint density at radius 1 is 1.12 bits per heavy atom. The van der Waals surface area contributed by atoms with Crippen molar-refractivity contribution in [1.82, 2.24) is 15.2 Å². The van der Waals surface area contributed by atoms with Crippen LogP contribution in [0, 0.1) is 0 Å². The largest absolute Gasteiger partial charge is 0.497 e. The molecular weight excluding hydrogens is 406 g/mol. The van der Waals surface area contributed by atoms with Crippen LogP contribution >= 0.6 is 0 Å². The van der Waals surface area contributed by atoms with Crippen LogP contribution in [0.3, 0.4) is 0 Å². The number of nitrogens with one attached hydrogen (secondary N) is 2. The number of amides is 2. The lowest BCUT2D eigenvalue weighted by Gasteiger charge is -2.35. The van der Waals surface area contributed by atoms with Gasteiger partial charge in [0.15, 0.2) is 0 Å². The number of H-pyrrole nitrogens is 1. The number of nitrogens with zero attached hydrogens (tertiary/aromatic N) is 1. The van der Waals surface area contributed by atoms with E-state index in [0.717, 1.165) is 16.5 Å². The van der Waals surface area contributed by atoms with Gasteiger partial charge in [-0.15, -0.1) is 0 Å². The van der Waals surface area contributed by atoms with Gasteiger partial charge in [0.1, 0.15) is 11.4 Å². The van der Waals surface area contributed by atoms with Crippen molar-refractivity contribution in [1.29, 1.82) is 0 Å². The van der Waals surface area contributed by atoms with Gasteiger partial charge in [-0.1, -0.05) is 18.2 Å². The molecule has 2 N–H and O–H groups in total. The van der Waals surface area contributed by atoms with Gasteiger partial charge in [0.2, 0.25) is 0 Å². The highest BCUT2D eigenvalue weighted by Gasteiger charge is 2.29. The molecular formula is C25H27N3O4. The molecule has 1 fully saturated rings. The molecule has 0 saturated carbocycles. The molecule has 0 bridgehead atoms. The molecule has 4 rings (SSSR count). The predicted octanol–water partition coefficient (Wildman–Crippen LogP) is 3.58. The van der Waals surface area contributed by atoms with Crippen molar-refractivity contribution in [3.63, 3.8) is 0 Å².